The van der Waals surface area contributed by atoms with Gasteiger partial charge in [0.05, 0.1) is 7.11 Å². The van der Waals surface area contributed by atoms with Crippen molar-refractivity contribution < 1.29 is 17.9 Å². The molecule has 132 valence electrons. The Kier molecular flexibility index (Phi) is 5.16. The lowest BCUT2D eigenvalue weighted by Gasteiger charge is -2.19. The summed E-state index contributed by atoms with van der Waals surface area (Å²) in [5.41, 5.74) is 3.00. The molecular formula is C21H21F3O. The Morgan fingerprint density at radius 2 is 1.84 bits per heavy atom. The molecule has 0 aliphatic heterocycles. The molecule has 4 heteroatoms. The maximum Gasteiger partial charge on any atom is 0.166 e. The van der Waals surface area contributed by atoms with Crippen molar-refractivity contribution in [3.8, 4) is 5.75 Å². The average molecular weight is 346 g/mol. The Morgan fingerprint density at radius 3 is 2.56 bits per heavy atom. The van der Waals surface area contributed by atoms with E-state index in [1.54, 1.807) is 24.3 Å². The van der Waals surface area contributed by atoms with Gasteiger partial charge in [0.15, 0.2) is 23.2 Å². The lowest BCUT2D eigenvalue weighted by molar-refractivity contribution is 0.386. The third-order valence-electron chi connectivity index (χ3n) is 4.71. The van der Waals surface area contributed by atoms with E-state index >= 15 is 0 Å². The second-order valence-corrected chi connectivity index (χ2v) is 6.36. The zero-order valence-corrected chi connectivity index (χ0v) is 14.5. The van der Waals surface area contributed by atoms with E-state index in [4.69, 9.17) is 4.74 Å². The van der Waals surface area contributed by atoms with Crippen molar-refractivity contribution >= 4 is 11.6 Å². The molecule has 0 saturated heterocycles. The maximum atomic E-state index is 14.5. The highest BCUT2D eigenvalue weighted by Crippen LogP contribution is 2.35. The smallest absolute Gasteiger partial charge is 0.166 e. The van der Waals surface area contributed by atoms with E-state index in [1.807, 2.05) is 6.92 Å². The van der Waals surface area contributed by atoms with Crippen LogP contribution in [0.1, 0.15) is 48.4 Å². The van der Waals surface area contributed by atoms with E-state index in [0.29, 0.717) is 36.0 Å². The van der Waals surface area contributed by atoms with Gasteiger partial charge in [-0.25, -0.2) is 13.2 Å². The zero-order valence-electron chi connectivity index (χ0n) is 14.5. The molecule has 0 aromatic heterocycles. The lowest BCUT2D eigenvalue weighted by atomic mass is 9.87. The van der Waals surface area contributed by atoms with Crippen LogP contribution in [0.25, 0.3) is 11.6 Å². The summed E-state index contributed by atoms with van der Waals surface area (Å²) in [7, 11) is 1.42. The minimum Gasteiger partial charge on any atom is -0.494 e. The van der Waals surface area contributed by atoms with Crippen LogP contribution in [0.15, 0.2) is 24.3 Å². The van der Waals surface area contributed by atoms with Crippen LogP contribution in [0.4, 0.5) is 13.2 Å². The quantitative estimate of drug-likeness (QED) is 0.651. The van der Waals surface area contributed by atoms with Crippen molar-refractivity contribution in [3.05, 3.63) is 64.0 Å². The van der Waals surface area contributed by atoms with Crippen LogP contribution in [0.3, 0.4) is 0 Å². The fourth-order valence-corrected chi connectivity index (χ4v) is 3.26. The number of ether oxygens (including phenoxy) is 1. The summed E-state index contributed by atoms with van der Waals surface area (Å²) in [5, 5.41) is 0. The fraction of sp³-hybridized carbons (Fsp3) is 0.333. The second-order valence-electron chi connectivity index (χ2n) is 6.36. The topological polar surface area (TPSA) is 9.23 Å². The second kappa shape index (κ2) is 7.34. The Balaban J connectivity index is 1.98. The van der Waals surface area contributed by atoms with Crippen LogP contribution in [0, 0.1) is 17.5 Å². The molecule has 0 radical (unpaired) electrons. The van der Waals surface area contributed by atoms with Crippen molar-refractivity contribution in [1.82, 2.24) is 0 Å². The number of hydrogen-bond donors (Lipinski definition) is 0. The summed E-state index contributed by atoms with van der Waals surface area (Å²) in [6, 6.07) is 6.36. The predicted molar refractivity (Wildman–Crippen MR) is 94.1 cm³/mol. The molecule has 3 rings (SSSR count). The summed E-state index contributed by atoms with van der Waals surface area (Å²) < 4.78 is 47.8. The van der Waals surface area contributed by atoms with Gasteiger partial charge in [0.2, 0.25) is 0 Å². The third kappa shape index (κ3) is 3.44. The van der Waals surface area contributed by atoms with Gasteiger partial charge in [-0.15, -0.1) is 0 Å². The Bertz CT molecular complexity index is 824. The molecule has 2 aromatic rings. The highest BCUT2D eigenvalue weighted by molar-refractivity contribution is 5.85. The van der Waals surface area contributed by atoms with Crippen molar-refractivity contribution in [2.75, 3.05) is 7.11 Å². The van der Waals surface area contributed by atoms with E-state index in [-0.39, 0.29) is 11.3 Å². The van der Waals surface area contributed by atoms with Gasteiger partial charge in [0.25, 0.3) is 0 Å². The van der Waals surface area contributed by atoms with Crippen LogP contribution in [0.2, 0.25) is 0 Å². The molecule has 2 aromatic carbocycles. The average Bonchev–Trinajstić information content (AvgIpc) is 2.62. The van der Waals surface area contributed by atoms with Crippen molar-refractivity contribution in [2.24, 2.45) is 0 Å². The van der Waals surface area contributed by atoms with Gasteiger partial charge in [0, 0.05) is 5.56 Å². The molecular weight excluding hydrogens is 325 g/mol. The van der Waals surface area contributed by atoms with Gasteiger partial charge in [-0.05, 0) is 60.1 Å². The molecule has 1 aliphatic carbocycles. The summed E-state index contributed by atoms with van der Waals surface area (Å²) in [6.07, 6.45) is 5.24. The van der Waals surface area contributed by atoms with Gasteiger partial charge in [-0.1, -0.05) is 31.6 Å². The first-order valence-electron chi connectivity index (χ1n) is 8.59. The van der Waals surface area contributed by atoms with Crippen LogP contribution in [-0.2, 0) is 12.8 Å². The molecule has 0 heterocycles. The van der Waals surface area contributed by atoms with Gasteiger partial charge in [-0.3, -0.25) is 0 Å². The van der Waals surface area contributed by atoms with Crippen LogP contribution in [0.5, 0.6) is 5.75 Å². The molecule has 0 bridgehead atoms. The molecule has 0 saturated carbocycles. The monoisotopic (exact) mass is 346 g/mol. The molecule has 0 unspecified atom stereocenters. The van der Waals surface area contributed by atoms with Crippen molar-refractivity contribution in [3.63, 3.8) is 0 Å². The number of rotatable bonds is 5. The normalized spacial score (nSPS) is 13.4. The number of allylic oxidation sites excluding steroid dienone is 1. The molecule has 0 fully saturated rings. The first-order chi connectivity index (χ1) is 12.0. The van der Waals surface area contributed by atoms with E-state index in [2.05, 4.69) is 0 Å². The summed E-state index contributed by atoms with van der Waals surface area (Å²) in [6.45, 7) is 2.01. The summed E-state index contributed by atoms with van der Waals surface area (Å²) in [4.78, 5) is 0. The van der Waals surface area contributed by atoms with Gasteiger partial charge in [-0.2, -0.15) is 0 Å². The van der Waals surface area contributed by atoms with Gasteiger partial charge in [0.1, 0.15) is 0 Å². The number of aryl methyl sites for hydroxylation is 2. The minimum absolute atomic E-state index is 0.202. The SMILES string of the molecule is CCCCc1ccc(C2=Cc3cc(F)c(OC)cc3CC2)c(F)c1F. The minimum atomic E-state index is -0.808. The lowest BCUT2D eigenvalue weighted by Crippen LogP contribution is -2.05. The highest BCUT2D eigenvalue weighted by Gasteiger charge is 2.20. The largest absolute Gasteiger partial charge is 0.494 e. The summed E-state index contributed by atoms with van der Waals surface area (Å²) in [5.74, 6) is -1.83. The van der Waals surface area contributed by atoms with E-state index in [9.17, 15) is 13.2 Å². The third-order valence-corrected chi connectivity index (χ3v) is 4.71. The van der Waals surface area contributed by atoms with E-state index in [1.165, 1.54) is 13.2 Å². The van der Waals surface area contributed by atoms with Crippen molar-refractivity contribution in [1.29, 1.82) is 0 Å². The number of benzene rings is 2. The van der Waals surface area contributed by atoms with Crippen molar-refractivity contribution in [2.45, 2.75) is 39.0 Å². The van der Waals surface area contributed by atoms with E-state index < -0.39 is 17.5 Å². The number of fused-ring (bicyclic) bond motifs is 1. The molecule has 0 amide bonds. The standard InChI is InChI=1S/C21H21F3O/c1-3-4-5-13-8-9-17(21(24)20(13)23)15-7-6-14-12-19(25-2)18(22)11-16(14)10-15/h8-12H,3-7H2,1-2H3. The molecule has 0 atom stereocenters. The molecule has 25 heavy (non-hydrogen) atoms. The predicted octanol–water partition coefficient (Wildman–Crippen LogP) is 5.94. The number of halogens is 3. The van der Waals surface area contributed by atoms with Crippen LogP contribution in [-0.4, -0.2) is 7.11 Å². The fourth-order valence-electron chi connectivity index (χ4n) is 3.26. The number of unbranched alkanes of at least 4 members (excludes halogenated alkanes) is 1. The Labute approximate surface area is 146 Å². The molecule has 1 aliphatic rings. The molecule has 0 N–H and O–H groups in total. The van der Waals surface area contributed by atoms with Crippen LogP contribution < -0.4 is 4.74 Å². The molecule has 1 nitrogen and oxygen atoms in total. The Hall–Kier alpha value is -2.23. The first-order valence-corrected chi connectivity index (χ1v) is 8.59. The van der Waals surface area contributed by atoms with Gasteiger partial charge >= 0.3 is 0 Å². The van der Waals surface area contributed by atoms with Gasteiger partial charge < -0.3 is 4.74 Å². The first kappa shape index (κ1) is 17.6. The van der Waals surface area contributed by atoms with Crippen LogP contribution >= 0.6 is 0 Å². The number of hydrogen-bond acceptors (Lipinski definition) is 1. The van der Waals surface area contributed by atoms with E-state index in [0.717, 1.165) is 18.4 Å². The zero-order chi connectivity index (χ0) is 18.0. The number of methoxy groups -OCH3 is 1. The maximum absolute atomic E-state index is 14.5. The summed E-state index contributed by atoms with van der Waals surface area (Å²) >= 11 is 0. The highest BCUT2D eigenvalue weighted by atomic mass is 19.2. The molecule has 0 spiro atoms. The Morgan fingerprint density at radius 1 is 1.04 bits per heavy atom.